The Bertz CT molecular complexity index is 410. The zero-order valence-corrected chi connectivity index (χ0v) is 12.5. The molecular weight excluding hydrogens is 256 g/mol. The van der Waals surface area contributed by atoms with E-state index in [1.807, 2.05) is 31.2 Å². The monoisotopic (exact) mass is 280 g/mol. The minimum absolute atomic E-state index is 0.0793. The van der Waals surface area contributed by atoms with E-state index in [9.17, 15) is 4.79 Å². The molecule has 0 aliphatic carbocycles. The predicted octanol–water partition coefficient (Wildman–Crippen LogP) is 2.26. The van der Waals surface area contributed by atoms with Crippen LogP contribution in [0.1, 0.15) is 18.9 Å². The normalized spacial score (nSPS) is 10.2. The van der Waals surface area contributed by atoms with Gasteiger partial charge in [-0.3, -0.25) is 0 Å². The van der Waals surface area contributed by atoms with Gasteiger partial charge in [-0.05, 0) is 31.0 Å². The first-order valence-corrected chi connectivity index (χ1v) is 6.87. The van der Waals surface area contributed by atoms with Crippen molar-refractivity contribution >= 4 is 6.03 Å². The van der Waals surface area contributed by atoms with E-state index in [0.29, 0.717) is 26.3 Å². The van der Waals surface area contributed by atoms with E-state index < -0.39 is 0 Å². The maximum Gasteiger partial charge on any atom is 0.317 e. The molecule has 112 valence electrons. The van der Waals surface area contributed by atoms with Gasteiger partial charge in [-0.1, -0.05) is 12.1 Å². The summed E-state index contributed by atoms with van der Waals surface area (Å²) < 4.78 is 10.4. The Morgan fingerprint density at radius 1 is 1.40 bits per heavy atom. The summed E-state index contributed by atoms with van der Waals surface area (Å²) in [5.74, 6) is 0.799. The fourth-order valence-electron chi connectivity index (χ4n) is 1.77. The molecule has 0 saturated heterocycles. The summed E-state index contributed by atoms with van der Waals surface area (Å²) in [6.45, 7) is 4.52. The molecule has 0 unspecified atom stereocenters. The lowest BCUT2D eigenvalue weighted by molar-refractivity contribution is 0.144. The molecule has 2 amide bonds. The molecule has 0 heterocycles. The summed E-state index contributed by atoms with van der Waals surface area (Å²) in [6, 6.07) is 7.63. The van der Waals surface area contributed by atoms with Gasteiger partial charge in [0.1, 0.15) is 5.75 Å². The molecule has 5 nitrogen and oxygen atoms in total. The van der Waals surface area contributed by atoms with Crippen LogP contribution in [0.15, 0.2) is 24.3 Å². The average Bonchev–Trinajstić information content (AvgIpc) is 2.47. The van der Waals surface area contributed by atoms with Gasteiger partial charge in [-0.15, -0.1) is 0 Å². The molecule has 0 spiro atoms. The first-order chi connectivity index (χ1) is 9.67. The first-order valence-electron chi connectivity index (χ1n) is 6.87. The largest absolute Gasteiger partial charge is 0.497 e. The van der Waals surface area contributed by atoms with Crippen LogP contribution in [0, 0.1) is 0 Å². The molecule has 1 aromatic rings. The van der Waals surface area contributed by atoms with Gasteiger partial charge in [-0.2, -0.15) is 0 Å². The molecule has 0 radical (unpaired) electrons. The Morgan fingerprint density at radius 3 is 2.90 bits per heavy atom. The number of urea groups is 1. The van der Waals surface area contributed by atoms with Crippen LogP contribution in [0.2, 0.25) is 0 Å². The van der Waals surface area contributed by atoms with Crippen LogP contribution in [0.25, 0.3) is 0 Å². The van der Waals surface area contributed by atoms with Gasteiger partial charge in [0, 0.05) is 33.4 Å². The van der Waals surface area contributed by atoms with Crippen molar-refractivity contribution in [1.29, 1.82) is 0 Å². The van der Waals surface area contributed by atoms with Crippen LogP contribution in [0.3, 0.4) is 0 Å². The molecule has 1 N–H and O–H groups in total. The van der Waals surface area contributed by atoms with Gasteiger partial charge in [0.15, 0.2) is 0 Å². The van der Waals surface area contributed by atoms with Crippen molar-refractivity contribution in [2.75, 3.05) is 33.9 Å². The molecule has 20 heavy (non-hydrogen) atoms. The third-order valence-electron chi connectivity index (χ3n) is 2.85. The lowest BCUT2D eigenvalue weighted by Gasteiger charge is -2.18. The Morgan fingerprint density at radius 2 is 2.20 bits per heavy atom. The molecule has 0 aliphatic heterocycles. The maximum absolute atomic E-state index is 11.9. The minimum atomic E-state index is -0.0793. The van der Waals surface area contributed by atoms with Crippen molar-refractivity contribution in [3.05, 3.63) is 29.8 Å². The number of carbonyl (C=O) groups is 1. The topological polar surface area (TPSA) is 50.8 Å². The highest BCUT2D eigenvalue weighted by Crippen LogP contribution is 2.13. The second-order valence-electron chi connectivity index (χ2n) is 4.49. The number of carbonyl (C=O) groups excluding carboxylic acids is 1. The Labute approximate surface area is 120 Å². The number of hydrogen-bond donors (Lipinski definition) is 1. The van der Waals surface area contributed by atoms with E-state index in [1.165, 1.54) is 0 Å². The van der Waals surface area contributed by atoms with Crippen LogP contribution >= 0.6 is 0 Å². The van der Waals surface area contributed by atoms with Crippen molar-refractivity contribution < 1.29 is 14.3 Å². The highest BCUT2D eigenvalue weighted by atomic mass is 16.5. The average molecular weight is 280 g/mol. The van der Waals surface area contributed by atoms with Crippen LogP contribution in [0.5, 0.6) is 5.75 Å². The number of nitrogens with zero attached hydrogens (tertiary/aromatic N) is 1. The number of amides is 2. The number of nitrogens with one attached hydrogen (secondary N) is 1. The first kappa shape index (κ1) is 16.3. The second-order valence-corrected chi connectivity index (χ2v) is 4.49. The molecule has 0 aliphatic rings. The number of benzene rings is 1. The fourth-order valence-corrected chi connectivity index (χ4v) is 1.77. The van der Waals surface area contributed by atoms with E-state index in [4.69, 9.17) is 9.47 Å². The van der Waals surface area contributed by atoms with Crippen molar-refractivity contribution in [2.24, 2.45) is 0 Å². The van der Waals surface area contributed by atoms with Gasteiger partial charge in [0.25, 0.3) is 0 Å². The number of methoxy groups -OCH3 is 1. The molecule has 1 rings (SSSR count). The second kappa shape index (κ2) is 9.20. The molecule has 0 saturated carbocycles. The quantitative estimate of drug-likeness (QED) is 0.743. The third-order valence-corrected chi connectivity index (χ3v) is 2.85. The summed E-state index contributed by atoms with van der Waals surface area (Å²) in [5, 5.41) is 2.87. The van der Waals surface area contributed by atoms with Gasteiger partial charge < -0.3 is 19.7 Å². The molecule has 0 aromatic heterocycles. The third kappa shape index (κ3) is 5.93. The van der Waals surface area contributed by atoms with Crippen molar-refractivity contribution in [3.8, 4) is 5.75 Å². The fraction of sp³-hybridized carbons (Fsp3) is 0.533. The van der Waals surface area contributed by atoms with E-state index >= 15 is 0 Å². The zero-order valence-electron chi connectivity index (χ0n) is 12.5. The van der Waals surface area contributed by atoms with E-state index in [2.05, 4.69) is 5.32 Å². The zero-order chi connectivity index (χ0) is 14.8. The SMILES string of the molecule is CCOCCCNC(=O)N(C)Cc1cccc(OC)c1. The predicted molar refractivity (Wildman–Crippen MR) is 79.0 cm³/mol. The highest BCUT2D eigenvalue weighted by Gasteiger charge is 2.08. The summed E-state index contributed by atoms with van der Waals surface area (Å²) in [7, 11) is 3.41. The smallest absolute Gasteiger partial charge is 0.317 e. The molecule has 1 aromatic carbocycles. The summed E-state index contributed by atoms with van der Waals surface area (Å²) in [4.78, 5) is 13.5. The maximum atomic E-state index is 11.9. The highest BCUT2D eigenvalue weighted by molar-refractivity contribution is 5.73. The number of ether oxygens (including phenoxy) is 2. The van der Waals surface area contributed by atoms with Gasteiger partial charge >= 0.3 is 6.03 Å². The Kier molecular flexibility index (Phi) is 7.50. The summed E-state index contributed by atoms with van der Waals surface area (Å²) >= 11 is 0. The van der Waals surface area contributed by atoms with Crippen LogP contribution < -0.4 is 10.1 Å². The van der Waals surface area contributed by atoms with E-state index in [1.54, 1.807) is 19.1 Å². The Balaban J connectivity index is 2.33. The van der Waals surface area contributed by atoms with Crippen molar-refractivity contribution in [2.45, 2.75) is 19.9 Å². The molecule has 0 atom stereocenters. The number of rotatable bonds is 8. The lowest BCUT2D eigenvalue weighted by Crippen LogP contribution is -2.37. The molecule has 0 fully saturated rings. The Hall–Kier alpha value is -1.75. The molecule has 5 heteroatoms. The minimum Gasteiger partial charge on any atom is -0.497 e. The van der Waals surface area contributed by atoms with Crippen LogP contribution in [-0.2, 0) is 11.3 Å². The summed E-state index contributed by atoms with van der Waals surface area (Å²) in [5.41, 5.74) is 1.04. The standard InChI is InChI=1S/C15H24N2O3/c1-4-20-10-6-9-16-15(18)17(2)12-13-7-5-8-14(11-13)19-3/h5,7-8,11H,4,6,9-10,12H2,1-3H3,(H,16,18). The van der Waals surface area contributed by atoms with Crippen molar-refractivity contribution in [3.63, 3.8) is 0 Å². The molecule has 0 bridgehead atoms. The van der Waals surface area contributed by atoms with Gasteiger partial charge in [-0.25, -0.2) is 4.79 Å². The van der Waals surface area contributed by atoms with Gasteiger partial charge in [0.05, 0.1) is 7.11 Å². The van der Waals surface area contributed by atoms with E-state index in [0.717, 1.165) is 17.7 Å². The van der Waals surface area contributed by atoms with Crippen LogP contribution in [0.4, 0.5) is 4.79 Å². The summed E-state index contributed by atoms with van der Waals surface area (Å²) in [6.07, 6.45) is 0.826. The molecular formula is C15H24N2O3. The van der Waals surface area contributed by atoms with Crippen LogP contribution in [-0.4, -0.2) is 44.8 Å². The number of hydrogen-bond acceptors (Lipinski definition) is 3. The lowest BCUT2D eigenvalue weighted by atomic mass is 10.2. The van der Waals surface area contributed by atoms with E-state index in [-0.39, 0.29) is 6.03 Å². The van der Waals surface area contributed by atoms with Crippen molar-refractivity contribution in [1.82, 2.24) is 10.2 Å². The van der Waals surface area contributed by atoms with Gasteiger partial charge in [0.2, 0.25) is 0 Å².